The molecule has 10 nitrogen and oxygen atoms in total. The zero-order valence-corrected chi connectivity index (χ0v) is 19.7. The van der Waals surface area contributed by atoms with Gasteiger partial charge in [0.15, 0.2) is 0 Å². The van der Waals surface area contributed by atoms with Gasteiger partial charge in [0.1, 0.15) is 5.82 Å². The number of nitrogens with zero attached hydrogens (tertiary/aromatic N) is 5. The zero-order chi connectivity index (χ0) is 25.2. The van der Waals surface area contributed by atoms with Gasteiger partial charge < -0.3 is 25.4 Å². The molecule has 4 N–H and O–H groups in total. The van der Waals surface area contributed by atoms with Gasteiger partial charge in [-0.1, -0.05) is 24.3 Å². The molecule has 2 aromatic carbocycles. The summed E-state index contributed by atoms with van der Waals surface area (Å²) in [6.07, 6.45) is 1.12. The van der Waals surface area contributed by atoms with Crippen molar-refractivity contribution in [3.63, 3.8) is 0 Å². The van der Waals surface area contributed by atoms with E-state index in [4.69, 9.17) is 5.73 Å². The Morgan fingerprint density at radius 1 is 1.14 bits per heavy atom. The van der Waals surface area contributed by atoms with Crippen LogP contribution in [0.25, 0.3) is 11.0 Å². The van der Waals surface area contributed by atoms with E-state index >= 15 is 0 Å². The summed E-state index contributed by atoms with van der Waals surface area (Å²) in [5.74, 6) is 0.000109. The van der Waals surface area contributed by atoms with Crippen LogP contribution in [-0.4, -0.2) is 106 Å². The number of nitrogens with two attached hydrogens (primary N) is 1. The maximum absolute atomic E-state index is 12.5. The number of piperidine rings is 1. The number of aromatic carboxylic acids is 1. The first-order chi connectivity index (χ1) is 17.4. The molecule has 1 saturated heterocycles. The second kappa shape index (κ2) is 11.9. The Kier molecular flexibility index (Phi) is 8.83. The van der Waals surface area contributed by atoms with Crippen molar-refractivity contribution in [1.29, 1.82) is 0 Å². The molecular weight excluding hydrogens is 499 g/mol. The van der Waals surface area contributed by atoms with Crippen molar-refractivity contribution in [2.24, 2.45) is 5.92 Å². The van der Waals surface area contributed by atoms with E-state index in [9.17, 15) is 19.8 Å². The number of para-hydroxylation sites is 2. The molecule has 0 spiro atoms. The normalized spacial score (nSPS) is 16.4. The van der Waals surface area contributed by atoms with Crippen LogP contribution in [0.15, 0.2) is 65.5 Å². The number of fused-ring (bicyclic) bond motifs is 1. The number of carboxylic acid groups (broad SMARTS) is 1. The molecule has 0 amide bonds. The van der Waals surface area contributed by atoms with E-state index in [1.165, 1.54) is 16.8 Å². The van der Waals surface area contributed by atoms with E-state index in [2.05, 4.69) is 15.0 Å². The Bertz CT molecular complexity index is 1470. The molecule has 0 radical (unpaired) electrons. The van der Waals surface area contributed by atoms with Gasteiger partial charge in [-0.05, 0) is 48.7 Å². The predicted molar refractivity (Wildman–Crippen MR) is 143 cm³/mol. The second-order valence-corrected chi connectivity index (χ2v) is 9.18. The van der Waals surface area contributed by atoms with Crippen LogP contribution in [0.4, 0.5) is 11.8 Å². The first kappa shape index (κ1) is 27.5. The van der Waals surface area contributed by atoms with Crippen LogP contribution in [-0.2, 0) is 13.1 Å². The van der Waals surface area contributed by atoms with Crippen molar-refractivity contribution in [1.82, 2.24) is 19.3 Å². The van der Waals surface area contributed by atoms with E-state index in [1.807, 2.05) is 28.8 Å². The third-order valence-corrected chi connectivity index (χ3v) is 6.74. The van der Waals surface area contributed by atoms with Gasteiger partial charge in [0.05, 0.1) is 35.8 Å². The summed E-state index contributed by atoms with van der Waals surface area (Å²) in [5.41, 5.74) is 8.39. The average Bonchev–Trinajstić information content (AvgIpc) is 3.20. The topological polar surface area (TPSA) is 140 Å². The maximum atomic E-state index is 12.5. The van der Waals surface area contributed by atoms with Crippen molar-refractivity contribution < 1.29 is 15.0 Å². The number of carboxylic acids is 1. The summed E-state index contributed by atoms with van der Waals surface area (Å²) in [4.78, 5) is 30.2. The number of rotatable bonds is 7. The molecule has 2 atom stereocenters. The van der Waals surface area contributed by atoms with Crippen LogP contribution in [0.2, 0.25) is 0 Å². The Balaban J connectivity index is 0.00000320. The van der Waals surface area contributed by atoms with Gasteiger partial charge in [-0.25, -0.2) is 14.5 Å². The van der Waals surface area contributed by atoms with Crippen molar-refractivity contribution in [3.8, 4) is 0 Å². The zero-order valence-electron chi connectivity index (χ0n) is 19.7. The van der Waals surface area contributed by atoms with Crippen LogP contribution in [0, 0.1) is 5.92 Å². The summed E-state index contributed by atoms with van der Waals surface area (Å²) < 4.78 is 3.19. The summed E-state index contributed by atoms with van der Waals surface area (Å²) in [5, 5.41) is 24.9. The molecule has 11 heteroatoms. The van der Waals surface area contributed by atoms with E-state index in [-0.39, 0.29) is 75.0 Å². The fourth-order valence-electron chi connectivity index (χ4n) is 4.85. The molecule has 0 bridgehead atoms. The average molecular weight is 529 g/mol. The standard InChI is InChI=1S/C26H28N6O4.K.H/c27-26-28-20-8-1-2-9-21(20)31(26)16-22(33)19-7-4-12-30(15-19)23-10-11-24(34)32(29-23)14-17-5-3-6-18(13-17)25(35)36;;/h1-3,5-6,8-11,13,19,22,33H,4,7,12,14-16H2,(H2,27,28)(H,35,36);;. The molecule has 1 aliphatic rings. The third-order valence-electron chi connectivity index (χ3n) is 6.74. The van der Waals surface area contributed by atoms with Crippen molar-refractivity contribution in [2.75, 3.05) is 23.7 Å². The third kappa shape index (κ3) is 6.14. The first-order valence-corrected chi connectivity index (χ1v) is 11.9. The number of nitrogen functional groups attached to an aromatic ring is 1. The van der Waals surface area contributed by atoms with Crippen LogP contribution in [0.3, 0.4) is 0 Å². The number of aliphatic hydroxyl groups excluding tert-OH is 1. The molecule has 5 rings (SSSR count). The molecule has 4 aromatic rings. The minimum atomic E-state index is -1.02. The minimum absolute atomic E-state index is 0. The Labute approximate surface area is 256 Å². The number of hydrogen-bond donors (Lipinski definition) is 3. The van der Waals surface area contributed by atoms with Gasteiger partial charge in [0.2, 0.25) is 5.95 Å². The summed E-state index contributed by atoms with van der Waals surface area (Å²) in [6, 6.07) is 17.3. The molecular formula is C26H29KN6O4. The molecule has 1 aliphatic heterocycles. The van der Waals surface area contributed by atoms with Crippen LogP contribution in [0.5, 0.6) is 0 Å². The van der Waals surface area contributed by atoms with Crippen molar-refractivity contribution >= 4 is 80.2 Å². The number of benzene rings is 2. The SMILES string of the molecule is Nc1nc2ccccc2n1CC(O)C1CCCN(c2ccc(=O)n(Cc3cccc(C(=O)O)c3)n2)C1.[KH]. The number of carbonyl (C=O) groups is 1. The molecule has 0 aliphatic carbocycles. The summed E-state index contributed by atoms with van der Waals surface area (Å²) in [7, 11) is 0. The first-order valence-electron chi connectivity index (χ1n) is 11.9. The predicted octanol–water partition coefficient (Wildman–Crippen LogP) is 1.55. The monoisotopic (exact) mass is 528 g/mol. The number of hydrogen-bond acceptors (Lipinski definition) is 7. The van der Waals surface area contributed by atoms with Crippen LogP contribution in [0.1, 0.15) is 28.8 Å². The quantitative estimate of drug-likeness (QED) is 0.307. The van der Waals surface area contributed by atoms with Gasteiger partial charge in [-0.2, -0.15) is 5.10 Å². The Hall–Kier alpha value is -2.54. The van der Waals surface area contributed by atoms with Gasteiger partial charge >= 0.3 is 57.4 Å². The van der Waals surface area contributed by atoms with E-state index < -0.39 is 12.1 Å². The number of anilines is 2. The Morgan fingerprint density at radius 2 is 1.95 bits per heavy atom. The molecule has 1 fully saturated rings. The van der Waals surface area contributed by atoms with Gasteiger partial charge in [0, 0.05) is 25.1 Å². The fourth-order valence-corrected chi connectivity index (χ4v) is 4.85. The van der Waals surface area contributed by atoms with Gasteiger partial charge in [0.25, 0.3) is 5.56 Å². The molecule has 2 aromatic heterocycles. The number of aromatic nitrogens is 4. The van der Waals surface area contributed by atoms with Gasteiger partial charge in [-0.15, -0.1) is 0 Å². The van der Waals surface area contributed by atoms with E-state index in [0.717, 1.165) is 30.4 Å². The van der Waals surface area contributed by atoms with E-state index in [1.54, 1.807) is 24.3 Å². The summed E-state index contributed by atoms with van der Waals surface area (Å²) >= 11 is 0. The molecule has 37 heavy (non-hydrogen) atoms. The van der Waals surface area contributed by atoms with E-state index in [0.29, 0.717) is 30.4 Å². The Morgan fingerprint density at radius 3 is 2.76 bits per heavy atom. The summed E-state index contributed by atoms with van der Waals surface area (Å²) in [6.45, 7) is 1.87. The van der Waals surface area contributed by atoms with Crippen molar-refractivity contribution in [2.45, 2.75) is 32.0 Å². The molecule has 0 saturated carbocycles. The molecule has 3 heterocycles. The fraction of sp³-hybridized carbons (Fsp3) is 0.308. The van der Waals surface area contributed by atoms with Crippen LogP contribution >= 0.6 is 0 Å². The molecule has 188 valence electrons. The number of imidazole rings is 1. The van der Waals surface area contributed by atoms with Crippen molar-refractivity contribution in [3.05, 3.63) is 82.1 Å². The van der Waals surface area contributed by atoms with Gasteiger partial charge in [-0.3, -0.25) is 4.79 Å². The molecule has 2 unspecified atom stereocenters. The van der Waals surface area contributed by atoms with Crippen LogP contribution < -0.4 is 16.2 Å². The number of aliphatic hydroxyl groups is 1. The second-order valence-electron chi connectivity index (χ2n) is 9.18.